The van der Waals surface area contributed by atoms with Crippen LogP contribution in [0.2, 0.25) is 5.02 Å². The van der Waals surface area contributed by atoms with E-state index in [0.717, 1.165) is 12.1 Å². The van der Waals surface area contributed by atoms with Crippen LogP contribution in [0.3, 0.4) is 0 Å². The van der Waals surface area contributed by atoms with Gasteiger partial charge >= 0.3 is 0 Å². The Labute approximate surface area is 155 Å². The van der Waals surface area contributed by atoms with Crippen LogP contribution in [-0.2, 0) is 0 Å². The molecule has 25 heavy (non-hydrogen) atoms. The molecule has 3 N–H and O–H groups in total. The van der Waals surface area contributed by atoms with E-state index in [1.54, 1.807) is 0 Å². The van der Waals surface area contributed by atoms with Gasteiger partial charge in [0, 0.05) is 11.3 Å². The molecule has 0 unspecified atom stereocenters. The Kier molecular flexibility index (Phi) is 6.18. The molecule has 134 valence electrons. The minimum Gasteiger partial charge on any atom is -0.493 e. The van der Waals surface area contributed by atoms with Crippen molar-refractivity contribution < 1.29 is 22.7 Å². The second-order valence-electron chi connectivity index (χ2n) is 4.96. The van der Waals surface area contributed by atoms with Crippen LogP contribution in [0.1, 0.15) is 15.9 Å². The van der Waals surface area contributed by atoms with Gasteiger partial charge < -0.3 is 15.8 Å². The van der Waals surface area contributed by atoms with Crippen molar-refractivity contribution >= 4 is 44.7 Å². The van der Waals surface area contributed by atoms with Crippen LogP contribution in [0.5, 0.6) is 5.75 Å². The molecule has 0 heterocycles. The van der Waals surface area contributed by atoms with Gasteiger partial charge in [0.05, 0.1) is 34.4 Å². The number of benzene rings is 2. The van der Waals surface area contributed by atoms with Gasteiger partial charge in [0.1, 0.15) is 5.82 Å². The van der Waals surface area contributed by atoms with E-state index in [1.165, 1.54) is 19.2 Å². The number of carbonyl (C=O) groups excluding carboxylic acids is 1. The normalized spacial score (nSPS) is 10.8. The number of hydrogen-bond acceptors (Lipinski definition) is 4. The molecule has 0 bridgehead atoms. The third kappa shape index (κ3) is 4.19. The fourth-order valence-electron chi connectivity index (χ4n) is 2.21. The number of ketones is 1. The second kappa shape index (κ2) is 7.97. The van der Waals surface area contributed by atoms with Crippen LogP contribution in [0.25, 0.3) is 0 Å². The first-order valence-corrected chi connectivity index (χ1v) is 8.11. The fraction of sp³-hybridized carbons (Fsp3) is 0.188. The van der Waals surface area contributed by atoms with Crippen molar-refractivity contribution in [2.24, 2.45) is 0 Å². The number of nitrogens with one attached hydrogen (secondary N) is 1. The van der Waals surface area contributed by atoms with Crippen LogP contribution < -0.4 is 15.8 Å². The smallest absolute Gasteiger partial charge is 0.255 e. The lowest BCUT2D eigenvalue weighted by Gasteiger charge is -2.17. The van der Waals surface area contributed by atoms with Crippen molar-refractivity contribution in [3.63, 3.8) is 0 Å². The van der Waals surface area contributed by atoms with Crippen molar-refractivity contribution in [2.75, 3.05) is 24.7 Å². The van der Waals surface area contributed by atoms with E-state index >= 15 is 0 Å². The third-order valence-electron chi connectivity index (χ3n) is 3.30. The van der Waals surface area contributed by atoms with Crippen molar-refractivity contribution in [3.8, 4) is 5.75 Å². The number of hydrogen-bond donors (Lipinski definition) is 2. The highest BCUT2D eigenvalue weighted by Crippen LogP contribution is 2.41. The van der Waals surface area contributed by atoms with E-state index in [4.69, 9.17) is 22.1 Å². The molecule has 0 aliphatic heterocycles. The Hall–Kier alpha value is -1.93. The SMILES string of the molecule is COc1c(NCC(F)F)cc(N)c(C(=O)c2cc(F)ccc2Cl)c1Br. The monoisotopic (exact) mass is 436 g/mol. The predicted octanol–water partition coefficient (Wildman–Crippen LogP) is 4.74. The molecule has 0 atom stereocenters. The van der Waals surface area contributed by atoms with Crippen molar-refractivity contribution in [1.29, 1.82) is 0 Å². The number of nitrogen functional groups attached to an aromatic ring is 1. The maximum atomic E-state index is 13.5. The van der Waals surface area contributed by atoms with Crippen LogP contribution in [-0.4, -0.2) is 25.9 Å². The lowest BCUT2D eigenvalue weighted by molar-refractivity contribution is 0.103. The molecule has 0 aliphatic carbocycles. The highest BCUT2D eigenvalue weighted by molar-refractivity contribution is 9.10. The maximum absolute atomic E-state index is 13.5. The van der Waals surface area contributed by atoms with E-state index in [9.17, 15) is 18.0 Å². The molecular formula is C16H13BrClF3N2O2. The summed E-state index contributed by atoms with van der Waals surface area (Å²) in [5.74, 6) is -1.15. The number of rotatable bonds is 6. The minimum atomic E-state index is -2.59. The van der Waals surface area contributed by atoms with E-state index in [1.807, 2.05) is 0 Å². The summed E-state index contributed by atoms with van der Waals surface area (Å²) in [5.41, 5.74) is 6.01. The largest absolute Gasteiger partial charge is 0.493 e. The number of carbonyl (C=O) groups is 1. The lowest BCUT2D eigenvalue weighted by atomic mass is 10.0. The molecule has 2 aromatic carbocycles. The van der Waals surface area contributed by atoms with Crippen LogP contribution in [0.4, 0.5) is 24.5 Å². The molecule has 0 spiro atoms. The summed E-state index contributed by atoms with van der Waals surface area (Å²) in [4.78, 5) is 12.7. The molecule has 0 saturated carbocycles. The quantitative estimate of drug-likeness (QED) is 0.506. The number of nitrogens with two attached hydrogens (primary N) is 1. The summed E-state index contributed by atoms with van der Waals surface area (Å²) in [6.07, 6.45) is -2.59. The van der Waals surface area contributed by atoms with Gasteiger partial charge in [-0.2, -0.15) is 0 Å². The number of ether oxygens (including phenoxy) is 1. The minimum absolute atomic E-state index is 0.00484. The Balaban J connectivity index is 2.54. The summed E-state index contributed by atoms with van der Waals surface area (Å²) in [7, 11) is 1.31. The first-order chi connectivity index (χ1) is 11.8. The lowest BCUT2D eigenvalue weighted by Crippen LogP contribution is -2.14. The summed E-state index contributed by atoms with van der Waals surface area (Å²) >= 11 is 9.17. The Morgan fingerprint density at radius 2 is 2.08 bits per heavy atom. The molecule has 0 aliphatic rings. The zero-order chi connectivity index (χ0) is 18.7. The van der Waals surface area contributed by atoms with E-state index in [2.05, 4.69) is 21.2 Å². The van der Waals surface area contributed by atoms with Crippen molar-refractivity contribution in [1.82, 2.24) is 0 Å². The summed E-state index contributed by atoms with van der Waals surface area (Å²) in [6, 6.07) is 4.66. The van der Waals surface area contributed by atoms with Gasteiger partial charge in [0.25, 0.3) is 6.43 Å². The van der Waals surface area contributed by atoms with E-state index < -0.39 is 24.6 Å². The summed E-state index contributed by atoms with van der Waals surface area (Å²) < 4.78 is 43.6. The van der Waals surface area contributed by atoms with Gasteiger partial charge in [-0.1, -0.05) is 11.6 Å². The standard InChI is InChI=1S/C16H13BrClF3N2O2/c1-25-16-11(23-6-12(20)21)5-10(22)13(14(16)17)15(24)8-4-7(19)2-3-9(8)18/h2-5,12,23H,6,22H2,1H3. The average Bonchev–Trinajstić information content (AvgIpc) is 2.54. The van der Waals surface area contributed by atoms with Crippen molar-refractivity contribution in [3.05, 3.63) is 50.7 Å². The zero-order valence-electron chi connectivity index (χ0n) is 12.9. The third-order valence-corrected chi connectivity index (χ3v) is 4.39. The molecule has 0 saturated heterocycles. The number of halogens is 5. The molecular weight excluding hydrogens is 425 g/mol. The highest BCUT2D eigenvalue weighted by atomic mass is 79.9. The average molecular weight is 438 g/mol. The second-order valence-corrected chi connectivity index (χ2v) is 6.16. The zero-order valence-corrected chi connectivity index (χ0v) is 15.2. The van der Waals surface area contributed by atoms with Gasteiger partial charge in [-0.3, -0.25) is 4.79 Å². The molecule has 2 rings (SSSR count). The van der Waals surface area contributed by atoms with Gasteiger partial charge in [-0.15, -0.1) is 0 Å². The highest BCUT2D eigenvalue weighted by Gasteiger charge is 2.24. The number of alkyl halides is 2. The Morgan fingerprint density at radius 1 is 1.40 bits per heavy atom. The van der Waals surface area contributed by atoms with Crippen LogP contribution in [0.15, 0.2) is 28.7 Å². The molecule has 0 radical (unpaired) electrons. The Morgan fingerprint density at radius 3 is 2.68 bits per heavy atom. The topological polar surface area (TPSA) is 64.3 Å². The Bertz CT molecular complexity index is 818. The fourth-order valence-corrected chi connectivity index (χ4v) is 3.19. The molecule has 0 amide bonds. The number of methoxy groups -OCH3 is 1. The number of anilines is 2. The molecule has 9 heteroatoms. The van der Waals surface area contributed by atoms with Gasteiger partial charge in [0.15, 0.2) is 11.5 Å². The van der Waals surface area contributed by atoms with Crippen LogP contribution in [0, 0.1) is 5.82 Å². The first kappa shape index (κ1) is 19.4. The van der Waals surface area contributed by atoms with Gasteiger partial charge in [0.2, 0.25) is 0 Å². The van der Waals surface area contributed by atoms with Crippen LogP contribution >= 0.6 is 27.5 Å². The van der Waals surface area contributed by atoms with Gasteiger partial charge in [-0.25, -0.2) is 13.2 Å². The van der Waals surface area contributed by atoms with Crippen molar-refractivity contribution in [2.45, 2.75) is 6.43 Å². The maximum Gasteiger partial charge on any atom is 0.255 e. The molecule has 2 aromatic rings. The molecule has 0 aromatic heterocycles. The van der Waals surface area contributed by atoms with E-state index in [0.29, 0.717) is 0 Å². The molecule has 0 fully saturated rings. The summed E-state index contributed by atoms with van der Waals surface area (Å²) in [6.45, 7) is -0.620. The summed E-state index contributed by atoms with van der Waals surface area (Å²) in [5, 5.41) is 2.54. The molecule has 4 nitrogen and oxygen atoms in total. The van der Waals surface area contributed by atoms with E-state index in [-0.39, 0.29) is 37.7 Å². The first-order valence-electron chi connectivity index (χ1n) is 6.94. The van der Waals surface area contributed by atoms with Gasteiger partial charge in [-0.05, 0) is 40.2 Å². The predicted molar refractivity (Wildman–Crippen MR) is 94.4 cm³/mol.